The molecule has 1 amide bonds. The molecule has 26 heavy (non-hydrogen) atoms. The van der Waals surface area contributed by atoms with Crippen LogP contribution in [0.2, 0.25) is 0 Å². The molecular formula is C21H20N4O. The molecular weight excluding hydrogens is 324 g/mol. The lowest BCUT2D eigenvalue weighted by Gasteiger charge is -2.17. The van der Waals surface area contributed by atoms with Gasteiger partial charge in [0.05, 0.1) is 5.56 Å². The minimum absolute atomic E-state index is 0.0618. The first kappa shape index (κ1) is 16.3. The fourth-order valence-corrected chi connectivity index (χ4v) is 3.20. The Morgan fingerprint density at radius 1 is 1.08 bits per heavy atom. The van der Waals surface area contributed by atoms with Gasteiger partial charge < -0.3 is 10.2 Å². The number of hydrogen-bond acceptors (Lipinski definition) is 4. The summed E-state index contributed by atoms with van der Waals surface area (Å²) in [5.41, 5.74) is 5.93. The van der Waals surface area contributed by atoms with E-state index in [2.05, 4.69) is 39.6 Å². The smallest absolute Gasteiger partial charge is 0.261 e. The van der Waals surface area contributed by atoms with Crippen LogP contribution in [0.15, 0.2) is 54.9 Å². The van der Waals surface area contributed by atoms with E-state index in [0.717, 1.165) is 28.9 Å². The van der Waals surface area contributed by atoms with E-state index < -0.39 is 0 Å². The van der Waals surface area contributed by atoms with E-state index in [1.54, 1.807) is 17.3 Å². The van der Waals surface area contributed by atoms with Crippen LogP contribution in [0.5, 0.6) is 0 Å². The van der Waals surface area contributed by atoms with Gasteiger partial charge in [-0.15, -0.1) is 0 Å². The average molecular weight is 344 g/mol. The van der Waals surface area contributed by atoms with Crippen molar-refractivity contribution in [1.29, 1.82) is 0 Å². The van der Waals surface area contributed by atoms with Crippen molar-refractivity contribution in [1.82, 2.24) is 9.97 Å². The zero-order valence-electron chi connectivity index (χ0n) is 14.9. The summed E-state index contributed by atoms with van der Waals surface area (Å²) < 4.78 is 0. The van der Waals surface area contributed by atoms with E-state index in [9.17, 15) is 4.79 Å². The van der Waals surface area contributed by atoms with Gasteiger partial charge in [-0.25, -0.2) is 9.97 Å². The number of amides is 1. The summed E-state index contributed by atoms with van der Waals surface area (Å²) in [5, 5.41) is 3.22. The maximum absolute atomic E-state index is 12.8. The second kappa shape index (κ2) is 6.59. The van der Waals surface area contributed by atoms with E-state index in [1.807, 2.05) is 32.0 Å². The number of nitrogens with zero attached hydrogens (tertiary/aromatic N) is 3. The van der Waals surface area contributed by atoms with Gasteiger partial charge in [-0.05, 0) is 49.1 Å². The molecule has 1 N–H and O–H groups in total. The quantitative estimate of drug-likeness (QED) is 0.779. The van der Waals surface area contributed by atoms with Gasteiger partial charge in [-0.3, -0.25) is 4.79 Å². The molecule has 5 heteroatoms. The number of rotatable bonds is 3. The summed E-state index contributed by atoms with van der Waals surface area (Å²) in [6, 6.07) is 14.2. The number of anilines is 3. The van der Waals surface area contributed by atoms with Crippen LogP contribution in [0.4, 0.5) is 17.3 Å². The minimum Gasteiger partial charge on any atom is -0.324 e. The molecule has 0 saturated carbocycles. The normalized spacial score (nSPS) is 12.8. The maximum atomic E-state index is 12.8. The molecule has 0 unspecified atom stereocenters. The molecule has 5 nitrogen and oxygen atoms in total. The molecule has 1 aliphatic heterocycles. The highest BCUT2D eigenvalue weighted by molar-refractivity contribution is 6.07. The Balaban J connectivity index is 1.53. The highest BCUT2D eigenvalue weighted by Crippen LogP contribution is 2.28. The molecule has 0 aliphatic carbocycles. The molecule has 3 aromatic rings. The summed E-state index contributed by atoms with van der Waals surface area (Å²) in [6.07, 6.45) is 4.06. The third-order valence-electron chi connectivity index (χ3n) is 4.67. The second-order valence-electron chi connectivity index (χ2n) is 6.57. The minimum atomic E-state index is -0.0618. The molecule has 0 spiro atoms. The molecule has 4 rings (SSSR count). The van der Waals surface area contributed by atoms with E-state index in [1.165, 1.54) is 5.56 Å². The van der Waals surface area contributed by atoms with Crippen LogP contribution in [-0.2, 0) is 6.42 Å². The topological polar surface area (TPSA) is 58.1 Å². The molecule has 2 heterocycles. The monoisotopic (exact) mass is 344 g/mol. The van der Waals surface area contributed by atoms with E-state index in [4.69, 9.17) is 0 Å². The number of fused-ring (bicyclic) bond motifs is 1. The predicted molar refractivity (Wildman–Crippen MR) is 103 cm³/mol. The lowest BCUT2D eigenvalue weighted by molar-refractivity contribution is 0.0988. The summed E-state index contributed by atoms with van der Waals surface area (Å²) >= 11 is 0. The summed E-state index contributed by atoms with van der Waals surface area (Å²) in [6.45, 7) is 4.77. The van der Waals surface area contributed by atoms with Crippen molar-refractivity contribution in [3.05, 3.63) is 77.1 Å². The molecule has 1 aliphatic rings. The number of carbonyl (C=O) groups is 1. The Bertz CT molecular complexity index is 966. The highest BCUT2D eigenvalue weighted by Gasteiger charge is 2.25. The first-order valence-electron chi connectivity index (χ1n) is 8.68. The standard InChI is InChI=1S/C21H20N4O/c1-14-7-8-15(2)18(11-14)24-21-22-12-17(13-23-21)20(26)25-10-9-16-5-3-4-6-19(16)25/h3-8,11-13H,9-10H2,1-2H3,(H,22,23,24). The van der Waals surface area contributed by atoms with E-state index in [0.29, 0.717) is 18.1 Å². The molecule has 0 fully saturated rings. The predicted octanol–water partition coefficient (Wildman–Crippen LogP) is 4.04. The second-order valence-corrected chi connectivity index (χ2v) is 6.57. The zero-order valence-corrected chi connectivity index (χ0v) is 14.9. The van der Waals surface area contributed by atoms with Crippen LogP contribution in [0.25, 0.3) is 0 Å². The van der Waals surface area contributed by atoms with Crippen molar-refractivity contribution in [2.24, 2.45) is 0 Å². The SMILES string of the molecule is Cc1ccc(C)c(Nc2ncc(C(=O)N3CCc4ccccc43)cn2)c1. The molecule has 0 radical (unpaired) electrons. The molecule has 2 aromatic carbocycles. The van der Waals surface area contributed by atoms with Crippen LogP contribution in [0, 0.1) is 13.8 Å². The largest absolute Gasteiger partial charge is 0.324 e. The summed E-state index contributed by atoms with van der Waals surface area (Å²) in [4.78, 5) is 23.2. The van der Waals surface area contributed by atoms with Crippen LogP contribution in [0.1, 0.15) is 27.0 Å². The third kappa shape index (κ3) is 3.04. The highest BCUT2D eigenvalue weighted by atomic mass is 16.2. The molecule has 130 valence electrons. The first-order valence-corrected chi connectivity index (χ1v) is 8.68. The fraction of sp³-hybridized carbons (Fsp3) is 0.190. The van der Waals surface area contributed by atoms with Crippen LogP contribution >= 0.6 is 0 Å². The number of benzene rings is 2. The van der Waals surface area contributed by atoms with Crippen molar-refractivity contribution in [2.45, 2.75) is 20.3 Å². The summed E-state index contributed by atoms with van der Waals surface area (Å²) in [7, 11) is 0. The number of nitrogens with one attached hydrogen (secondary N) is 1. The van der Waals surface area contributed by atoms with Crippen LogP contribution in [0.3, 0.4) is 0 Å². The van der Waals surface area contributed by atoms with Crippen molar-refractivity contribution in [2.75, 3.05) is 16.8 Å². The van der Waals surface area contributed by atoms with Gasteiger partial charge in [0.2, 0.25) is 5.95 Å². The van der Waals surface area contributed by atoms with Crippen molar-refractivity contribution < 1.29 is 4.79 Å². The molecule has 0 saturated heterocycles. The van der Waals surface area contributed by atoms with Crippen molar-refractivity contribution in [3.63, 3.8) is 0 Å². The lowest BCUT2D eigenvalue weighted by atomic mass is 10.1. The zero-order chi connectivity index (χ0) is 18.1. The fourth-order valence-electron chi connectivity index (χ4n) is 3.20. The Kier molecular flexibility index (Phi) is 4.13. The van der Waals surface area contributed by atoms with Gasteiger partial charge in [0.1, 0.15) is 0 Å². The van der Waals surface area contributed by atoms with Gasteiger partial charge in [-0.1, -0.05) is 30.3 Å². The molecule has 1 aromatic heterocycles. The Hall–Kier alpha value is -3.21. The van der Waals surface area contributed by atoms with Gasteiger partial charge in [0, 0.05) is 30.3 Å². The van der Waals surface area contributed by atoms with E-state index in [-0.39, 0.29) is 5.91 Å². The maximum Gasteiger partial charge on any atom is 0.261 e. The van der Waals surface area contributed by atoms with E-state index >= 15 is 0 Å². The van der Waals surface area contributed by atoms with Gasteiger partial charge in [0.25, 0.3) is 5.91 Å². The third-order valence-corrected chi connectivity index (χ3v) is 4.67. The van der Waals surface area contributed by atoms with Crippen LogP contribution in [-0.4, -0.2) is 22.4 Å². The van der Waals surface area contributed by atoms with Crippen molar-refractivity contribution >= 4 is 23.2 Å². The van der Waals surface area contributed by atoms with Crippen LogP contribution < -0.4 is 10.2 Å². The van der Waals surface area contributed by atoms with Gasteiger partial charge in [0.15, 0.2) is 0 Å². The summed E-state index contributed by atoms with van der Waals surface area (Å²) in [5.74, 6) is 0.422. The number of para-hydroxylation sites is 1. The average Bonchev–Trinajstić information content (AvgIpc) is 3.09. The Morgan fingerprint density at radius 2 is 1.85 bits per heavy atom. The first-order chi connectivity index (χ1) is 12.6. The number of carbonyl (C=O) groups excluding carboxylic acids is 1. The van der Waals surface area contributed by atoms with Gasteiger partial charge in [-0.2, -0.15) is 0 Å². The Morgan fingerprint density at radius 3 is 2.65 bits per heavy atom. The Labute approximate surface area is 152 Å². The number of hydrogen-bond donors (Lipinski definition) is 1. The van der Waals surface area contributed by atoms with Gasteiger partial charge >= 0.3 is 0 Å². The lowest BCUT2D eigenvalue weighted by Crippen LogP contribution is -2.29. The molecule has 0 bridgehead atoms. The number of aryl methyl sites for hydroxylation is 2. The van der Waals surface area contributed by atoms with Crippen molar-refractivity contribution in [3.8, 4) is 0 Å². The molecule has 0 atom stereocenters. The number of aromatic nitrogens is 2.